The van der Waals surface area contributed by atoms with Gasteiger partial charge >= 0.3 is 6.03 Å². The van der Waals surface area contributed by atoms with Gasteiger partial charge in [0.25, 0.3) is 5.91 Å². The van der Waals surface area contributed by atoms with Gasteiger partial charge < -0.3 is 4.90 Å². The van der Waals surface area contributed by atoms with E-state index in [4.69, 9.17) is 0 Å². The maximum atomic E-state index is 12.7. The van der Waals surface area contributed by atoms with E-state index < -0.39 is 0 Å². The van der Waals surface area contributed by atoms with Gasteiger partial charge in [-0.1, -0.05) is 12.1 Å². The molecule has 0 bridgehead atoms. The van der Waals surface area contributed by atoms with E-state index in [9.17, 15) is 9.59 Å². The van der Waals surface area contributed by atoms with Gasteiger partial charge in [0.2, 0.25) is 0 Å². The number of nitrogens with zero attached hydrogens (tertiary/aromatic N) is 3. The molecule has 0 radical (unpaired) electrons. The maximum absolute atomic E-state index is 12.7. The molecule has 0 saturated carbocycles. The van der Waals surface area contributed by atoms with Crippen molar-refractivity contribution < 1.29 is 9.59 Å². The minimum atomic E-state index is -0.0874. The van der Waals surface area contributed by atoms with Crippen molar-refractivity contribution in [3.63, 3.8) is 0 Å². The van der Waals surface area contributed by atoms with Crippen LogP contribution in [0.5, 0.6) is 0 Å². The number of hydrogen-bond donors (Lipinski definition) is 0. The first-order chi connectivity index (χ1) is 10.0. The van der Waals surface area contributed by atoms with E-state index in [2.05, 4.69) is 0 Å². The molecule has 1 aliphatic heterocycles. The van der Waals surface area contributed by atoms with Crippen molar-refractivity contribution >= 4 is 29.8 Å². The Bertz CT molecular complexity index is 543. The Hall–Kier alpha value is -1.69. The van der Waals surface area contributed by atoms with Gasteiger partial charge in [0.15, 0.2) is 0 Å². The van der Waals surface area contributed by atoms with Crippen molar-refractivity contribution in [1.29, 1.82) is 0 Å². The Balaban J connectivity index is 2.44. The fourth-order valence-electron chi connectivity index (χ4n) is 2.21. The van der Waals surface area contributed by atoms with Crippen molar-refractivity contribution in [3.05, 3.63) is 29.8 Å². The molecule has 1 aliphatic rings. The lowest BCUT2D eigenvalue weighted by molar-refractivity contribution is 0.0846. The van der Waals surface area contributed by atoms with Crippen molar-refractivity contribution in [2.45, 2.75) is 33.7 Å². The predicted molar refractivity (Wildman–Crippen MR) is 86.1 cm³/mol. The highest BCUT2D eigenvalue weighted by Crippen LogP contribution is 2.37. The molecule has 2 rings (SSSR count). The SMILES string of the molecule is CCN(CC)C(=O)N1SN(C(C)C)C(=O)c2ccccc21. The first-order valence-electron chi connectivity index (χ1n) is 7.20. The van der Waals surface area contributed by atoms with E-state index in [1.54, 1.807) is 19.6 Å². The first kappa shape index (κ1) is 15.7. The molecule has 0 fully saturated rings. The maximum Gasteiger partial charge on any atom is 0.336 e. The minimum absolute atomic E-state index is 0.0165. The van der Waals surface area contributed by atoms with Crippen molar-refractivity contribution in [1.82, 2.24) is 9.21 Å². The van der Waals surface area contributed by atoms with Crippen molar-refractivity contribution in [3.8, 4) is 0 Å². The molecule has 0 spiro atoms. The second-order valence-electron chi connectivity index (χ2n) is 5.07. The van der Waals surface area contributed by atoms with Gasteiger partial charge in [-0.3, -0.25) is 9.10 Å². The van der Waals surface area contributed by atoms with E-state index in [1.807, 2.05) is 45.9 Å². The highest BCUT2D eigenvalue weighted by Gasteiger charge is 2.36. The van der Waals surface area contributed by atoms with Crippen LogP contribution < -0.4 is 4.31 Å². The van der Waals surface area contributed by atoms with E-state index in [1.165, 1.54) is 12.1 Å². The molecule has 0 aromatic heterocycles. The van der Waals surface area contributed by atoms with Crippen molar-refractivity contribution in [2.75, 3.05) is 17.4 Å². The van der Waals surface area contributed by atoms with E-state index in [-0.39, 0.29) is 18.0 Å². The average molecular weight is 307 g/mol. The smallest absolute Gasteiger partial charge is 0.324 e. The van der Waals surface area contributed by atoms with Crippen LogP contribution >= 0.6 is 12.1 Å². The lowest BCUT2D eigenvalue weighted by Crippen LogP contribution is -2.47. The van der Waals surface area contributed by atoms with Crippen LogP contribution in [0.1, 0.15) is 38.1 Å². The summed E-state index contributed by atoms with van der Waals surface area (Å²) in [6, 6.07) is 7.19. The number of fused-ring (bicyclic) bond motifs is 1. The molecule has 0 saturated heterocycles. The zero-order valence-electron chi connectivity index (χ0n) is 12.9. The number of benzene rings is 1. The zero-order valence-corrected chi connectivity index (χ0v) is 13.7. The molecule has 6 heteroatoms. The molecule has 3 amide bonds. The van der Waals surface area contributed by atoms with Crippen LogP contribution in [0.15, 0.2) is 24.3 Å². The van der Waals surface area contributed by atoms with E-state index in [0.29, 0.717) is 24.3 Å². The van der Waals surface area contributed by atoms with Gasteiger partial charge in [-0.2, -0.15) is 0 Å². The third-order valence-corrected chi connectivity index (χ3v) is 4.68. The summed E-state index contributed by atoms with van der Waals surface area (Å²) in [6.07, 6.45) is 0. The molecule has 1 aromatic rings. The molecule has 0 unspecified atom stereocenters. The molecule has 1 aromatic carbocycles. The number of amides is 3. The Morgan fingerprint density at radius 1 is 1.24 bits per heavy atom. The first-order valence-corrected chi connectivity index (χ1v) is 7.94. The quantitative estimate of drug-likeness (QED) is 0.804. The Morgan fingerprint density at radius 2 is 1.86 bits per heavy atom. The molecular formula is C15H21N3O2S. The van der Waals surface area contributed by atoms with Crippen LogP contribution in [0.25, 0.3) is 0 Å². The van der Waals surface area contributed by atoms with Gasteiger partial charge in [0.1, 0.15) is 0 Å². The van der Waals surface area contributed by atoms with Crippen LogP contribution in [0.3, 0.4) is 0 Å². The summed E-state index contributed by atoms with van der Waals surface area (Å²) in [4.78, 5) is 26.9. The highest BCUT2D eigenvalue weighted by atomic mass is 32.2. The predicted octanol–water partition coefficient (Wildman–Crippen LogP) is 3.38. The van der Waals surface area contributed by atoms with Crippen LogP contribution in [0, 0.1) is 0 Å². The summed E-state index contributed by atoms with van der Waals surface area (Å²) < 4.78 is 3.26. The number of para-hydroxylation sites is 1. The molecule has 0 atom stereocenters. The molecule has 21 heavy (non-hydrogen) atoms. The Labute approximate surface area is 130 Å². The largest absolute Gasteiger partial charge is 0.336 e. The number of rotatable bonds is 3. The summed E-state index contributed by atoms with van der Waals surface area (Å²) in [5.74, 6) is -0.0470. The molecule has 5 nitrogen and oxygen atoms in total. The monoisotopic (exact) mass is 307 g/mol. The van der Waals surface area contributed by atoms with Gasteiger partial charge in [-0.15, -0.1) is 0 Å². The summed E-state index contributed by atoms with van der Waals surface area (Å²) in [5, 5.41) is 0. The summed E-state index contributed by atoms with van der Waals surface area (Å²) in [6.45, 7) is 9.08. The van der Waals surface area contributed by atoms with Crippen LogP contribution in [0.4, 0.5) is 10.5 Å². The fourth-order valence-corrected chi connectivity index (χ4v) is 3.18. The fraction of sp³-hybridized carbons (Fsp3) is 0.467. The molecule has 0 aliphatic carbocycles. The highest BCUT2D eigenvalue weighted by molar-refractivity contribution is 7.99. The van der Waals surface area contributed by atoms with Gasteiger partial charge in [0, 0.05) is 19.1 Å². The molecule has 114 valence electrons. The number of urea groups is 1. The number of hydrogen-bond acceptors (Lipinski definition) is 3. The topological polar surface area (TPSA) is 43.9 Å². The zero-order chi connectivity index (χ0) is 15.6. The Kier molecular flexibility index (Phi) is 4.77. The van der Waals surface area contributed by atoms with Gasteiger partial charge in [0.05, 0.1) is 23.4 Å². The molecular weight excluding hydrogens is 286 g/mol. The number of carbonyl (C=O) groups is 2. The normalized spacial score (nSPS) is 14.4. The second kappa shape index (κ2) is 6.39. The van der Waals surface area contributed by atoms with Gasteiger partial charge in [-0.05, 0) is 39.8 Å². The average Bonchev–Trinajstić information content (AvgIpc) is 2.48. The van der Waals surface area contributed by atoms with Crippen LogP contribution in [-0.2, 0) is 0 Å². The summed E-state index contributed by atoms with van der Waals surface area (Å²) in [7, 11) is 0. The van der Waals surface area contributed by atoms with Gasteiger partial charge in [-0.25, -0.2) is 9.10 Å². The molecule has 1 heterocycles. The van der Waals surface area contributed by atoms with Crippen LogP contribution in [-0.4, -0.2) is 40.3 Å². The standard InChI is InChI=1S/C15H21N3O2S/c1-5-16(6-2)15(20)18-13-10-8-7-9-12(13)14(19)17(21-18)11(3)4/h7-11H,5-6H2,1-4H3. The lowest BCUT2D eigenvalue weighted by atomic mass is 10.1. The minimum Gasteiger partial charge on any atom is -0.324 e. The second-order valence-corrected chi connectivity index (χ2v) is 5.99. The van der Waals surface area contributed by atoms with E-state index >= 15 is 0 Å². The molecule has 0 N–H and O–H groups in total. The number of anilines is 1. The third kappa shape index (κ3) is 2.85. The van der Waals surface area contributed by atoms with Crippen molar-refractivity contribution in [2.24, 2.45) is 0 Å². The summed E-state index contributed by atoms with van der Waals surface area (Å²) >= 11 is 1.18. The summed E-state index contributed by atoms with van der Waals surface area (Å²) in [5.41, 5.74) is 1.24. The third-order valence-electron chi connectivity index (χ3n) is 3.40. The number of carbonyl (C=O) groups excluding carboxylic acids is 2. The lowest BCUT2D eigenvalue weighted by Gasteiger charge is -2.38. The van der Waals surface area contributed by atoms with E-state index in [0.717, 1.165) is 0 Å². The van der Waals surface area contributed by atoms with Crippen LogP contribution in [0.2, 0.25) is 0 Å². The Morgan fingerprint density at radius 3 is 2.43 bits per heavy atom.